The van der Waals surface area contributed by atoms with Crippen LogP contribution in [0.1, 0.15) is 46.9 Å². The smallest absolute Gasteiger partial charge is 0.336 e. The van der Waals surface area contributed by atoms with Gasteiger partial charge in [-0.1, -0.05) is 25.5 Å². The number of aromatic carboxylic acids is 1. The van der Waals surface area contributed by atoms with Crippen LogP contribution in [0.2, 0.25) is 0 Å². The molecule has 0 bridgehead atoms. The van der Waals surface area contributed by atoms with Gasteiger partial charge in [-0.2, -0.15) is 0 Å². The second kappa shape index (κ2) is 5.87. The molecule has 0 aromatic heterocycles. The third-order valence-electron chi connectivity index (χ3n) is 3.77. The summed E-state index contributed by atoms with van der Waals surface area (Å²) in [6, 6.07) is 6.43. The van der Waals surface area contributed by atoms with Crippen molar-refractivity contribution in [1.82, 2.24) is 4.90 Å². The molecular weight excluding hydrogens is 242 g/mol. The number of piperidine rings is 1. The molecule has 4 heteroatoms. The van der Waals surface area contributed by atoms with Crippen molar-refractivity contribution in [1.29, 1.82) is 0 Å². The zero-order valence-electron chi connectivity index (χ0n) is 11.1. The van der Waals surface area contributed by atoms with Gasteiger partial charge in [0.15, 0.2) is 0 Å². The number of hydrogen-bond donors (Lipinski definition) is 1. The summed E-state index contributed by atoms with van der Waals surface area (Å²) in [5.74, 6) is -0.668. The van der Waals surface area contributed by atoms with Gasteiger partial charge >= 0.3 is 5.97 Å². The number of nitrogens with zero attached hydrogens (tertiary/aromatic N) is 1. The molecule has 0 aliphatic carbocycles. The third kappa shape index (κ3) is 2.95. The van der Waals surface area contributed by atoms with Gasteiger partial charge in [0.2, 0.25) is 0 Å². The lowest BCUT2D eigenvalue weighted by molar-refractivity contribution is 0.0640. The number of benzene rings is 1. The van der Waals surface area contributed by atoms with Crippen molar-refractivity contribution in [3.8, 4) is 0 Å². The van der Waals surface area contributed by atoms with E-state index in [4.69, 9.17) is 5.11 Å². The van der Waals surface area contributed by atoms with E-state index in [1.54, 1.807) is 23.1 Å². The Labute approximate surface area is 113 Å². The summed E-state index contributed by atoms with van der Waals surface area (Å²) in [5.41, 5.74) is 0.387. The molecule has 1 aliphatic rings. The Morgan fingerprint density at radius 3 is 2.63 bits per heavy atom. The molecule has 19 heavy (non-hydrogen) atoms. The van der Waals surface area contributed by atoms with Gasteiger partial charge in [-0.05, 0) is 30.9 Å². The van der Waals surface area contributed by atoms with E-state index in [2.05, 4.69) is 6.92 Å². The van der Waals surface area contributed by atoms with Crippen molar-refractivity contribution in [3.05, 3.63) is 35.4 Å². The first-order valence-electron chi connectivity index (χ1n) is 6.75. The Hall–Kier alpha value is -1.84. The summed E-state index contributed by atoms with van der Waals surface area (Å²) in [6.07, 6.45) is 3.21. The summed E-state index contributed by atoms with van der Waals surface area (Å²) >= 11 is 0. The molecule has 1 saturated heterocycles. The first-order chi connectivity index (χ1) is 9.13. The van der Waals surface area contributed by atoms with E-state index < -0.39 is 5.97 Å². The van der Waals surface area contributed by atoms with Crippen molar-refractivity contribution in [2.24, 2.45) is 5.92 Å². The molecule has 102 valence electrons. The first kappa shape index (κ1) is 13.6. The van der Waals surface area contributed by atoms with E-state index in [9.17, 15) is 9.59 Å². The molecule has 1 heterocycles. The molecule has 1 amide bonds. The van der Waals surface area contributed by atoms with Crippen LogP contribution in [0.5, 0.6) is 0 Å². The van der Waals surface area contributed by atoms with E-state index >= 15 is 0 Å². The van der Waals surface area contributed by atoms with Crippen molar-refractivity contribution in [2.75, 3.05) is 13.1 Å². The van der Waals surface area contributed by atoms with Crippen LogP contribution >= 0.6 is 0 Å². The number of rotatable bonds is 3. The molecule has 0 saturated carbocycles. The summed E-state index contributed by atoms with van der Waals surface area (Å²) in [4.78, 5) is 25.4. The number of carbonyl (C=O) groups excluding carboxylic acids is 1. The molecule has 4 nitrogen and oxygen atoms in total. The van der Waals surface area contributed by atoms with Gasteiger partial charge in [0.05, 0.1) is 11.1 Å². The van der Waals surface area contributed by atoms with Crippen molar-refractivity contribution >= 4 is 11.9 Å². The second-order valence-corrected chi connectivity index (χ2v) is 5.02. The molecule has 1 N–H and O–H groups in total. The lowest BCUT2D eigenvalue weighted by Gasteiger charge is -2.32. The first-order valence-corrected chi connectivity index (χ1v) is 6.75. The fourth-order valence-electron chi connectivity index (χ4n) is 2.61. The second-order valence-electron chi connectivity index (χ2n) is 5.02. The van der Waals surface area contributed by atoms with Crippen LogP contribution in [0.4, 0.5) is 0 Å². The standard InChI is InChI=1S/C15H19NO3/c1-2-11-6-5-9-16(10-11)14(17)12-7-3-4-8-13(12)15(18)19/h3-4,7-8,11H,2,5-6,9-10H2,1H3,(H,18,19)/t11-/m0/s1. The highest BCUT2D eigenvalue weighted by Crippen LogP contribution is 2.22. The predicted octanol–water partition coefficient (Wildman–Crippen LogP) is 2.65. The van der Waals surface area contributed by atoms with Gasteiger partial charge < -0.3 is 10.0 Å². The molecule has 0 radical (unpaired) electrons. The highest BCUT2D eigenvalue weighted by Gasteiger charge is 2.26. The molecule has 1 atom stereocenters. The monoisotopic (exact) mass is 261 g/mol. The van der Waals surface area contributed by atoms with Gasteiger partial charge in [-0.3, -0.25) is 4.79 Å². The largest absolute Gasteiger partial charge is 0.478 e. The molecule has 1 fully saturated rings. The van der Waals surface area contributed by atoms with Crippen molar-refractivity contribution < 1.29 is 14.7 Å². The van der Waals surface area contributed by atoms with Crippen LogP contribution in [-0.4, -0.2) is 35.0 Å². The average Bonchev–Trinajstić information content (AvgIpc) is 2.46. The molecule has 1 aliphatic heterocycles. The molecular formula is C15H19NO3. The van der Waals surface area contributed by atoms with E-state index in [0.29, 0.717) is 11.5 Å². The van der Waals surface area contributed by atoms with E-state index in [1.807, 2.05) is 0 Å². The summed E-state index contributed by atoms with van der Waals surface area (Å²) < 4.78 is 0. The predicted molar refractivity (Wildman–Crippen MR) is 72.3 cm³/mol. The number of carboxylic acid groups (broad SMARTS) is 1. The van der Waals surface area contributed by atoms with Gasteiger partial charge in [0, 0.05) is 13.1 Å². The Kier molecular flexibility index (Phi) is 4.20. The normalized spacial score (nSPS) is 19.2. The molecule has 1 aromatic carbocycles. The minimum Gasteiger partial charge on any atom is -0.478 e. The maximum absolute atomic E-state index is 12.4. The quantitative estimate of drug-likeness (QED) is 0.910. The highest BCUT2D eigenvalue weighted by molar-refractivity contribution is 6.04. The summed E-state index contributed by atoms with van der Waals surface area (Å²) in [7, 11) is 0. The average molecular weight is 261 g/mol. The van der Waals surface area contributed by atoms with E-state index in [1.165, 1.54) is 6.07 Å². The van der Waals surface area contributed by atoms with Crippen LogP contribution in [-0.2, 0) is 0 Å². The zero-order valence-corrected chi connectivity index (χ0v) is 11.1. The Morgan fingerprint density at radius 2 is 2.00 bits per heavy atom. The van der Waals surface area contributed by atoms with Crippen LogP contribution < -0.4 is 0 Å². The van der Waals surface area contributed by atoms with Crippen LogP contribution in [0, 0.1) is 5.92 Å². The fourth-order valence-corrected chi connectivity index (χ4v) is 2.61. The van der Waals surface area contributed by atoms with Crippen LogP contribution in [0.25, 0.3) is 0 Å². The lowest BCUT2D eigenvalue weighted by atomic mass is 9.94. The maximum atomic E-state index is 12.4. The minimum atomic E-state index is -1.05. The minimum absolute atomic E-state index is 0.0890. The van der Waals surface area contributed by atoms with E-state index in [0.717, 1.165) is 32.4 Å². The number of carboxylic acids is 1. The third-order valence-corrected chi connectivity index (χ3v) is 3.77. The summed E-state index contributed by atoms with van der Waals surface area (Å²) in [6.45, 7) is 3.59. The van der Waals surface area contributed by atoms with Gasteiger partial charge in [0.25, 0.3) is 5.91 Å². The number of carbonyl (C=O) groups is 2. The maximum Gasteiger partial charge on any atom is 0.336 e. The topological polar surface area (TPSA) is 57.6 Å². The molecule has 0 unspecified atom stereocenters. The Balaban J connectivity index is 2.22. The number of amides is 1. The van der Waals surface area contributed by atoms with Crippen LogP contribution in [0.3, 0.4) is 0 Å². The number of hydrogen-bond acceptors (Lipinski definition) is 2. The summed E-state index contributed by atoms with van der Waals surface area (Å²) in [5, 5.41) is 9.14. The van der Waals surface area contributed by atoms with Crippen LogP contribution in [0.15, 0.2) is 24.3 Å². The SMILES string of the molecule is CC[C@H]1CCCN(C(=O)c2ccccc2C(=O)O)C1. The zero-order chi connectivity index (χ0) is 13.8. The molecule has 0 spiro atoms. The highest BCUT2D eigenvalue weighted by atomic mass is 16.4. The Morgan fingerprint density at radius 1 is 1.32 bits per heavy atom. The van der Waals surface area contributed by atoms with E-state index in [-0.39, 0.29) is 11.5 Å². The van der Waals surface area contributed by atoms with Crippen molar-refractivity contribution in [2.45, 2.75) is 26.2 Å². The Bertz CT molecular complexity index is 484. The van der Waals surface area contributed by atoms with Gasteiger partial charge in [-0.25, -0.2) is 4.79 Å². The molecule has 1 aromatic rings. The van der Waals surface area contributed by atoms with Gasteiger partial charge in [-0.15, -0.1) is 0 Å². The molecule has 2 rings (SSSR count). The lowest BCUT2D eigenvalue weighted by Crippen LogP contribution is -2.40. The fraction of sp³-hybridized carbons (Fsp3) is 0.467. The number of likely N-dealkylation sites (tertiary alicyclic amines) is 1. The van der Waals surface area contributed by atoms with Gasteiger partial charge in [0.1, 0.15) is 0 Å². The van der Waals surface area contributed by atoms with Crippen molar-refractivity contribution in [3.63, 3.8) is 0 Å².